The average molecular weight is 397 g/mol. The summed E-state index contributed by atoms with van der Waals surface area (Å²) in [6, 6.07) is 18.1. The molecule has 6 heteroatoms. The minimum Gasteiger partial charge on any atom is -0.342 e. The van der Waals surface area contributed by atoms with Crippen LogP contribution in [0.15, 0.2) is 73.2 Å². The van der Waals surface area contributed by atoms with Gasteiger partial charge in [0, 0.05) is 55.1 Å². The predicted octanol–water partition coefficient (Wildman–Crippen LogP) is 3.74. The molecule has 0 N–H and O–H groups in total. The van der Waals surface area contributed by atoms with Gasteiger partial charge in [0.25, 0.3) is 0 Å². The van der Waals surface area contributed by atoms with Gasteiger partial charge < -0.3 is 4.90 Å². The second kappa shape index (κ2) is 8.06. The number of aryl methyl sites for hydroxylation is 1. The Kier molecular flexibility index (Phi) is 4.97. The van der Waals surface area contributed by atoms with Gasteiger partial charge in [-0.1, -0.05) is 36.4 Å². The second-order valence-corrected chi connectivity index (χ2v) is 7.74. The Morgan fingerprint density at radius 1 is 1.03 bits per heavy atom. The Balaban J connectivity index is 1.26. The van der Waals surface area contributed by atoms with Crippen molar-refractivity contribution in [1.82, 2.24) is 24.5 Å². The summed E-state index contributed by atoms with van der Waals surface area (Å²) in [5, 5.41) is 4.72. The van der Waals surface area contributed by atoms with E-state index in [0.717, 1.165) is 42.0 Å². The van der Waals surface area contributed by atoms with Crippen molar-refractivity contribution in [3.8, 4) is 11.1 Å². The smallest absolute Gasteiger partial charge is 0.222 e. The lowest BCUT2D eigenvalue weighted by atomic mass is 10.1. The number of hydrogen-bond acceptors (Lipinski definition) is 4. The number of amides is 1. The fourth-order valence-corrected chi connectivity index (χ4v) is 4.03. The number of hydrogen-bond donors (Lipinski definition) is 0. The van der Waals surface area contributed by atoms with Crippen molar-refractivity contribution in [2.45, 2.75) is 25.2 Å². The molecule has 1 atom stereocenters. The van der Waals surface area contributed by atoms with Gasteiger partial charge in [-0.05, 0) is 36.6 Å². The molecular formula is C24H23N5O. The van der Waals surface area contributed by atoms with Crippen molar-refractivity contribution < 1.29 is 4.79 Å². The number of likely N-dealkylation sites (tertiary alicyclic amines) is 1. The van der Waals surface area contributed by atoms with Crippen LogP contribution in [0.5, 0.6) is 0 Å². The average Bonchev–Trinajstić information content (AvgIpc) is 3.45. The summed E-state index contributed by atoms with van der Waals surface area (Å²) >= 11 is 0. The second-order valence-electron chi connectivity index (χ2n) is 7.74. The molecule has 150 valence electrons. The highest BCUT2D eigenvalue weighted by atomic mass is 16.2. The number of pyridine rings is 2. The fraction of sp³-hybridized carbons (Fsp3) is 0.250. The third-order valence-corrected chi connectivity index (χ3v) is 5.72. The molecule has 1 saturated heterocycles. The molecule has 1 amide bonds. The molecular weight excluding hydrogens is 374 g/mol. The van der Waals surface area contributed by atoms with Gasteiger partial charge in [0.2, 0.25) is 5.91 Å². The maximum absolute atomic E-state index is 12.6. The molecule has 6 nitrogen and oxygen atoms in total. The Bertz CT molecular complexity index is 1160. The Labute approximate surface area is 175 Å². The molecule has 30 heavy (non-hydrogen) atoms. The van der Waals surface area contributed by atoms with Crippen LogP contribution >= 0.6 is 0 Å². The van der Waals surface area contributed by atoms with E-state index >= 15 is 0 Å². The van der Waals surface area contributed by atoms with E-state index in [4.69, 9.17) is 10.1 Å². The van der Waals surface area contributed by atoms with Crippen LogP contribution < -0.4 is 0 Å². The molecule has 1 aromatic carbocycles. The topological polar surface area (TPSA) is 63.4 Å². The first-order chi connectivity index (χ1) is 14.8. The summed E-state index contributed by atoms with van der Waals surface area (Å²) in [4.78, 5) is 23.5. The Morgan fingerprint density at radius 2 is 1.93 bits per heavy atom. The van der Waals surface area contributed by atoms with Crippen molar-refractivity contribution in [3.05, 3.63) is 84.6 Å². The Hall–Kier alpha value is -3.54. The van der Waals surface area contributed by atoms with E-state index in [1.165, 1.54) is 5.56 Å². The van der Waals surface area contributed by atoms with Crippen LogP contribution in [0.1, 0.15) is 30.1 Å². The van der Waals surface area contributed by atoms with Crippen LogP contribution in [-0.2, 0) is 11.2 Å². The summed E-state index contributed by atoms with van der Waals surface area (Å²) in [6.45, 7) is 1.47. The van der Waals surface area contributed by atoms with Gasteiger partial charge in [0.05, 0.1) is 0 Å². The van der Waals surface area contributed by atoms with Gasteiger partial charge in [-0.3, -0.25) is 9.78 Å². The van der Waals surface area contributed by atoms with Crippen molar-refractivity contribution in [3.63, 3.8) is 0 Å². The predicted molar refractivity (Wildman–Crippen MR) is 115 cm³/mol. The first kappa shape index (κ1) is 18.5. The molecule has 0 radical (unpaired) electrons. The zero-order valence-electron chi connectivity index (χ0n) is 16.7. The standard InChI is InChI=1S/C24H23N5O/c30-23(11-8-18-5-2-1-3-6-18)28-14-12-21(16-28)24-26-22-10-9-20(17-29(22)27-24)19-7-4-13-25-15-19/h1-7,9-10,13,15,17,21H,8,11-12,14,16H2/t21-/m1/s1. The highest BCUT2D eigenvalue weighted by Crippen LogP contribution is 2.27. The summed E-state index contributed by atoms with van der Waals surface area (Å²) in [6.07, 6.45) is 7.83. The molecule has 0 saturated carbocycles. The zero-order valence-corrected chi connectivity index (χ0v) is 16.7. The first-order valence-electron chi connectivity index (χ1n) is 10.3. The van der Waals surface area contributed by atoms with Gasteiger partial charge in [0.15, 0.2) is 11.5 Å². The number of benzene rings is 1. The summed E-state index contributed by atoms with van der Waals surface area (Å²) in [7, 11) is 0. The molecule has 1 aliphatic rings. The molecule has 4 heterocycles. The van der Waals surface area contributed by atoms with Crippen LogP contribution in [0, 0.1) is 0 Å². The third-order valence-electron chi connectivity index (χ3n) is 5.72. The fourth-order valence-electron chi connectivity index (χ4n) is 4.03. The van der Waals surface area contributed by atoms with Gasteiger partial charge in [-0.2, -0.15) is 5.10 Å². The minimum absolute atomic E-state index is 0.187. The van der Waals surface area contributed by atoms with E-state index in [1.807, 2.05) is 64.3 Å². The summed E-state index contributed by atoms with van der Waals surface area (Å²) < 4.78 is 1.83. The first-order valence-corrected chi connectivity index (χ1v) is 10.3. The van der Waals surface area contributed by atoms with Gasteiger partial charge in [0.1, 0.15) is 0 Å². The van der Waals surface area contributed by atoms with E-state index in [2.05, 4.69) is 17.1 Å². The van der Waals surface area contributed by atoms with E-state index in [0.29, 0.717) is 13.0 Å². The van der Waals surface area contributed by atoms with Gasteiger partial charge in [-0.15, -0.1) is 0 Å². The Morgan fingerprint density at radius 3 is 2.77 bits per heavy atom. The minimum atomic E-state index is 0.187. The maximum Gasteiger partial charge on any atom is 0.222 e. The molecule has 0 bridgehead atoms. The number of carbonyl (C=O) groups excluding carboxylic acids is 1. The van der Waals surface area contributed by atoms with Crippen LogP contribution in [0.4, 0.5) is 0 Å². The van der Waals surface area contributed by atoms with E-state index < -0.39 is 0 Å². The lowest BCUT2D eigenvalue weighted by Crippen LogP contribution is -2.28. The van der Waals surface area contributed by atoms with E-state index in [1.54, 1.807) is 6.20 Å². The molecule has 3 aromatic heterocycles. The zero-order chi connectivity index (χ0) is 20.3. The molecule has 0 spiro atoms. The highest BCUT2D eigenvalue weighted by Gasteiger charge is 2.29. The quantitative estimate of drug-likeness (QED) is 0.515. The number of fused-ring (bicyclic) bond motifs is 1. The number of carbonyl (C=O) groups is 1. The molecule has 5 rings (SSSR count). The monoisotopic (exact) mass is 397 g/mol. The van der Waals surface area contributed by atoms with Crippen LogP contribution in [0.2, 0.25) is 0 Å². The lowest BCUT2D eigenvalue weighted by molar-refractivity contribution is -0.130. The van der Waals surface area contributed by atoms with Crippen LogP contribution in [0.3, 0.4) is 0 Å². The van der Waals surface area contributed by atoms with E-state index in [-0.39, 0.29) is 11.8 Å². The number of rotatable bonds is 5. The van der Waals surface area contributed by atoms with Crippen molar-refractivity contribution >= 4 is 11.6 Å². The molecule has 1 aliphatic heterocycles. The summed E-state index contributed by atoms with van der Waals surface area (Å²) in [5.41, 5.74) is 4.13. The van der Waals surface area contributed by atoms with Crippen molar-refractivity contribution in [1.29, 1.82) is 0 Å². The number of aromatic nitrogens is 4. The molecule has 4 aromatic rings. The highest BCUT2D eigenvalue weighted by molar-refractivity contribution is 5.76. The van der Waals surface area contributed by atoms with Gasteiger partial charge in [-0.25, -0.2) is 9.50 Å². The van der Waals surface area contributed by atoms with Crippen LogP contribution in [-0.4, -0.2) is 43.5 Å². The van der Waals surface area contributed by atoms with E-state index in [9.17, 15) is 4.79 Å². The van der Waals surface area contributed by atoms with Crippen molar-refractivity contribution in [2.24, 2.45) is 0 Å². The maximum atomic E-state index is 12.6. The molecule has 0 unspecified atom stereocenters. The number of nitrogens with zero attached hydrogens (tertiary/aromatic N) is 5. The lowest BCUT2D eigenvalue weighted by Gasteiger charge is -2.15. The SMILES string of the molecule is O=C(CCc1ccccc1)N1CC[C@@H](c2nc3ccc(-c4cccnc4)cn3n2)C1. The largest absolute Gasteiger partial charge is 0.342 e. The third kappa shape index (κ3) is 3.81. The van der Waals surface area contributed by atoms with Gasteiger partial charge >= 0.3 is 0 Å². The normalized spacial score (nSPS) is 16.3. The molecule has 0 aliphatic carbocycles. The van der Waals surface area contributed by atoms with Crippen LogP contribution in [0.25, 0.3) is 16.8 Å². The summed E-state index contributed by atoms with van der Waals surface area (Å²) in [5.74, 6) is 1.22. The molecule has 1 fully saturated rings. The van der Waals surface area contributed by atoms with Crippen molar-refractivity contribution in [2.75, 3.05) is 13.1 Å².